The molecule has 2 aromatic carbocycles. The summed E-state index contributed by atoms with van der Waals surface area (Å²) in [5, 5.41) is 19.3. The number of aliphatic hydroxyl groups is 1. The molecule has 5 aliphatic rings. The van der Waals surface area contributed by atoms with Gasteiger partial charge in [-0.25, -0.2) is 0 Å². The fourth-order valence-corrected chi connectivity index (χ4v) is 9.34. The minimum absolute atomic E-state index is 0.0662. The van der Waals surface area contributed by atoms with Gasteiger partial charge in [-0.05, 0) is 110 Å². The molecule has 2 aromatic rings. The normalized spacial score (nSPS) is 31.6. The van der Waals surface area contributed by atoms with Crippen molar-refractivity contribution in [1.29, 1.82) is 0 Å². The van der Waals surface area contributed by atoms with E-state index in [2.05, 4.69) is 68.5 Å². The van der Waals surface area contributed by atoms with Crippen LogP contribution in [0.4, 0.5) is 5.69 Å². The molecule has 0 aromatic heterocycles. The minimum Gasteiger partial charge on any atom is -0.393 e. The molecule has 2 aliphatic heterocycles. The summed E-state index contributed by atoms with van der Waals surface area (Å²) in [5.74, 6) is 0.975. The molecule has 0 spiro atoms. The Balaban J connectivity index is 1.26. The molecule has 2 bridgehead atoms. The molecule has 10 nitrogen and oxygen atoms in total. The average Bonchev–Trinajstić information content (AvgIpc) is 3.64. The van der Waals surface area contributed by atoms with E-state index in [1.807, 2.05) is 37.2 Å². The molecule has 3 saturated carbocycles. The number of hydrogen-bond acceptors (Lipinski definition) is 8. The Morgan fingerprint density at radius 2 is 1.92 bits per heavy atom. The van der Waals surface area contributed by atoms with Gasteiger partial charge in [-0.2, -0.15) is 5.06 Å². The van der Waals surface area contributed by atoms with Crippen LogP contribution in [0.3, 0.4) is 0 Å². The van der Waals surface area contributed by atoms with Gasteiger partial charge in [0.15, 0.2) is 0 Å². The molecular formula is C39H58N6O4. The maximum atomic E-state index is 14.2. The molecule has 0 unspecified atom stereocenters. The summed E-state index contributed by atoms with van der Waals surface area (Å²) in [5.41, 5.74) is 12.1. The number of anilines is 1. The number of fused-ring (bicyclic) bond motifs is 2. The highest BCUT2D eigenvalue weighted by atomic mass is 16.7. The summed E-state index contributed by atoms with van der Waals surface area (Å²) < 4.78 is 0. The number of benzene rings is 2. The van der Waals surface area contributed by atoms with E-state index >= 15 is 0 Å². The van der Waals surface area contributed by atoms with Gasteiger partial charge >= 0.3 is 0 Å². The lowest BCUT2D eigenvalue weighted by Gasteiger charge is -2.62. The van der Waals surface area contributed by atoms with Crippen LogP contribution in [0.5, 0.6) is 0 Å². The molecule has 9 atom stereocenters. The van der Waals surface area contributed by atoms with Crippen LogP contribution < -0.4 is 21.3 Å². The van der Waals surface area contributed by atoms with Crippen LogP contribution in [0.15, 0.2) is 36.4 Å². The number of likely N-dealkylation sites (tertiary alicyclic amines) is 1. The largest absolute Gasteiger partial charge is 0.393 e. The van der Waals surface area contributed by atoms with Gasteiger partial charge in [0.25, 0.3) is 5.91 Å². The lowest BCUT2D eigenvalue weighted by atomic mass is 9.45. The number of nitrogens with one attached hydrogen (secondary N) is 2. The molecule has 5 fully saturated rings. The van der Waals surface area contributed by atoms with Crippen LogP contribution in [0.25, 0.3) is 11.1 Å². The van der Waals surface area contributed by atoms with E-state index in [0.717, 1.165) is 53.9 Å². The first kappa shape index (κ1) is 35.8. The third kappa shape index (κ3) is 6.87. The molecule has 0 radical (unpaired) electrons. The van der Waals surface area contributed by atoms with Crippen LogP contribution in [0.2, 0.25) is 0 Å². The minimum atomic E-state index is -0.777. The van der Waals surface area contributed by atoms with E-state index < -0.39 is 24.2 Å². The second-order valence-electron chi connectivity index (χ2n) is 16.3. The van der Waals surface area contributed by atoms with Gasteiger partial charge in [-0.3, -0.25) is 14.4 Å². The molecule has 5 N–H and O–H groups in total. The van der Waals surface area contributed by atoms with Gasteiger partial charge in [0, 0.05) is 56.4 Å². The van der Waals surface area contributed by atoms with Crippen molar-refractivity contribution in [3.05, 3.63) is 53.1 Å². The fraction of sp³-hybridized carbons (Fsp3) is 0.641. The highest BCUT2D eigenvalue weighted by molar-refractivity contribution is 5.97. The molecule has 3 aliphatic carbocycles. The number of carbonyl (C=O) groups excluding carboxylic acids is 2. The summed E-state index contributed by atoms with van der Waals surface area (Å²) in [6, 6.07) is 11.7. The van der Waals surface area contributed by atoms with Crippen molar-refractivity contribution in [3.63, 3.8) is 0 Å². The van der Waals surface area contributed by atoms with Gasteiger partial charge < -0.3 is 31.3 Å². The van der Waals surface area contributed by atoms with Gasteiger partial charge in [0.1, 0.15) is 6.04 Å². The molecule has 49 heavy (non-hydrogen) atoms. The highest BCUT2D eigenvalue weighted by Gasteiger charge is 2.57. The number of amides is 2. The molecule has 2 saturated heterocycles. The van der Waals surface area contributed by atoms with Crippen LogP contribution in [-0.4, -0.2) is 98.0 Å². The van der Waals surface area contributed by atoms with E-state index in [9.17, 15) is 14.7 Å². The van der Waals surface area contributed by atoms with Crippen molar-refractivity contribution in [3.8, 4) is 11.1 Å². The number of carbonyl (C=O) groups is 2. The summed E-state index contributed by atoms with van der Waals surface area (Å²) >= 11 is 0. The summed E-state index contributed by atoms with van der Waals surface area (Å²) in [6.45, 7) is 13.2. The second kappa shape index (κ2) is 13.9. The number of rotatable bonds is 10. The van der Waals surface area contributed by atoms with Crippen LogP contribution in [0, 0.1) is 36.0 Å². The third-order valence-electron chi connectivity index (χ3n) is 12.6. The van der Waals surface area contributed by atoms with Crippen molar-refractivity contribution in [2.24, 2.45) is 34.8 Å². The first-order valence-corrected chi connectivity index (χ1v) is 18.2. The van der Waals surface area contributed by atoms with Gasteiger partial charge in [0.05, 0.1) is 18.8 Å². The zero-order valence-electron chi connectivity index (χ0n) is 30.7. The number of likely N-dealkylation sites (N-methyl/N-ethyl adjacent to an activating group) is 1. The summed E-state index contributed by atoms with van der Waals surface area (Å²) in [4.78, 5) is 38.3. The van der Waals surface area contributed by atoms with E-state index in [1.165, 1.54) is 6.42 Å². The lowest BCUT2D eigenvalue weighted by molar-refractivity contribution is -0.175. The topological polar surface area (TPSA) is 123 Å². The Bertz CT molecular complexity index is 1540. The Hall–Kier alpha value is -3.02. The first-order chi connectivity index (χ1) is 23.2. The van der Waals surface area contributed by atoms with Crippen molar-refractivity contribution < 1.29 is 19.5 Å². The number of aliphatic hydroxyl groups excluding tert-OH is 1. The molecule has 2 amide bonds. The Morgan fingerprint density at radius 3 is 2.53 bits per heavy atom. The van der Waals surface area contributed by atoms with Crippen LogP contribution in [-0.2, 0) is 16.2 Å². The number of nitrogens with zero attached hydrogens (tertiary/aromatic N) is 3. The van der Waals surface area contributed by atoms with Crippen molar-refractivity contribution in [2.75, 3.05) is 45.7 Å². The predicted octanol–water partition coefficient (Wildman–Crippen LogP) is 3.79. The lowest BCUT2D eigenvalue weighted by Crippen LogP contribution is -2.62. The Morgan fingerprint density at radius 1 is 1.16 bits per heavy atom. The van der Waals surface area contributed by atoms with Gasteiger partial charge in [-0.1, -0.05) is 39.0 Å². The first-order valence-electron chi connectivity index (χ1n) is 18.2. The summed E-state index contributed by atoms with van der Waals surface area (Å²) in [7, 11) is 6.04. The Labute approximate surface area is 292 Å². The number of hydroxylamine groups is 2. The Kier molecular flexibility index (Phi) is 10.2. The van der Waals surface area contributed by atoms with Crippen molar-refractivity contribution in [2.45, 2.75) is 90.8 Å². The summed E-state index contributed by atoms with van der Waals surface area (Å²) in [6.07, 6.45) is 1.91. The van der Waals surface area contributed by atoms with Gasteiger partial charge in [-0.15, -0.1) is 0 Å². The smallest absolute Gasteiger partial charge is 0.251 e. The van der Waals surface area contributed by atoms with Crippen LogP contribution >= 0.6 is 0 Å². The maximum absolute atomic E-state index is 14.2. The van der Waals surface area contributed by atoms with E-state index in [-0.39, 0.29) is 30.4 Å². The van der Waals surface area contributed by atoms with Gasteiger partial charge in [0.2, 0.25) is 5.91 Å². The third-order valence-corrected chi connectivity index (χ3v) is 12.6. The zero-order valence-corrected chi connectivity index (χ0v) is 30.7. The van der Waals surface area contributed by atoms with E-state index in [0.29, 0.717) is 35.3 Å². The zero-order chi connectivity index (χ0) is 35.4. The molecule has 10 heteroatoms. The van der Waals surface area contributed by atoms with Crippen molar-refractivity contribution >= 4 is 17.5 Å². The SMILES string of the molecule is Cc1c(CN2O[C@@H](CN)[C@@H]([C@H](C)O)[C@H]2C(=O)N[C@H]2C[C@@H]3C[C@H]([C@@H]2C)C3(C)C)cccc1-c1cc(C(=O)N[C@@H]2CCN(C)C2)cc(N(C)C)c1. The van der Waals surface area contributed by atoms with E-state index in [1.54, 1.807) is 12.0 Å². The number of hydrogen-bond donors (Lipinski definition) is 4. The monoisotopic (exact) mass is 674 g/mol. The van der Waals surface area contributed by atoms with Crippen LogP contribution in [0.1, 0.15) is 68.4 Å². The van der Waals surface area contributed by atoms with E-state index in [4.69, 9.17) is 10.6 Å². The molecule has 268 valence electrons. The maximum Gasteiger partial charge on any atom is 0.251 e. The molecular weight excluding hydrogens is 616 g/mol. The predicted molar refractivity (Wildman–Crippen MR) is 194 cm³/mol. The standard InChI is InChI=1S/C39H58N6O4/c1-22-25(10-9-11-31(22)26-14-27(16-30(15-26)43(6)7)37(47)41-29-12-13-44(8)21-29)20-45-36(35(24(3)46)34(19-40)49-45)38(48)42-33-18-28-17-32(23(33)2)39(28,4)5/h9-11,14-16,23-24,28-29,32-36,46H,12-13,17-21,40H2,1-8H3,(H,41,47)(H,42,48)/t23-,24-,28-,29+,32+,33-,34-,35+,36-/m0/s1. The molecule has 2 heterocycles. The second-order valence-corrected chi connectivity index (χ2v) is 16.3. The quantitative estimate of drug-likeness (QED) is 0.301. The fourth-order valence-electron chi connectivity index (χ4n) is 9.34. The van der Waals surface area contributed by atoms with Crippen molar-refractivity contribution in [1.82, 2.24) is 20.6 Å². The average molecular weight is 675 g/mol. The number of nitrogens with two attached hydrogens (primary N) is 1. The molecule has 7 rings (SSSR count). The highest BCUT2D eigenvalue weighted by Crippen LogP contribution is 2.61.